The van der Waals surface area contributed by atoms with Crippen molar-refractivity contribution in [1.82, 2.24) is 0 Å². The van der Waals surface area contributed by atoms with Crippen LogP contribution < -0.4 is 4.90 Å². The minimum atomic E-state index is -0.163. The molecule has 6 heteroatoms. The number of hydrogen-bond donors (Lipinski definition) is 0. The van der Waals surface area contributed by atoms with E-state index in [9.17, 15) is 15.3 Å². The summed E-state index contributed by atoms with van der Waals surface area (Å²) >= 11 is 3.37. The molecule has 0 unspecified atom stereocenters. The molecule has 2 aromatic heterocycles. The third kappa shape index (κ3) is 4.17. The first kappa shape index (κ1) is 24.6. The van der Waals surface area contributed by atoms with Crippen LogP contribution in [0.2, 0.25) is 0 Å². The number of thiophene rings is 2. The monoisotopic (exact) mass is 539 g/mol. The maximum atomic E-state index is 13.3. The first-order valence-electron chi connectivity index (χ1n) is 12.3. The van der Waals surface area contributed by atoms with E-state index in [0.717, 1.165) is 15.4 Å². The van der Waals surface area contributed by atoms with Crippen LogP contribution in [-0.4, -0.2) is 19.9 Å². The number of carbonyl (C=O) groups excluding carboxylic acids is 1. The molecule has 0 bridgehead atoms. The molecule has 1 aliphatic rings. The molecular formula is C33H21N3OS2. The molecule has 0 amide bonds. The molecule has 0 aliphatic heterocycles. The Morgan fingerprint density at radius 1 is 0.769 bits per heavy atom. The van der Waals surface area contributed by atoms with Gasteiger partial charge in [0.25, 0.3) is 0 Å². The summed E-state index contributed by atoms with van der Waals surface area (Å²) in [6, 6.07) is 32.2. The third-order valence-corrected chi connectivity index (χ3v) is 9.31. The fourth-order valence-electron chi connectivity index (χ4n) is 4.94. The second-order valence-electron chi connectivity index (χ2n) is 9.36. The average Bonchev–Trinajstić information content (AvgIpc) is 3.66. The lowest BCUT2D eigenvalue weighted by Gasteiger charge is -2.12. The summed E-state index contributed by atoms with van der Waals surface area (Å²) in [4.78, 5) is 19.8. The Kier molecular flexibility index (Phi) is 6.21. The molecule has 3 aromatic carbocycles. The molecule has 186 valence electrons. The van der Waals surface area contributed by atoms with Crippen molar-refractivity contribution in [1.29, 1.82) is 10.5 Å². The summed E-state index contributed by atoms with van der Waals surface area (Å²) in [7, 11) is 4.07. The van der Waals surface area contributed by atoms with Crippen molar-refractivity contribution in [3.63, 3.8) is 0 Å². The summed E-state index contributed by atoms with van der Waals surface area (Å²) in [6.07, 6.45) is 1.82. The van der Waals surface area contributed by atoms with Gasteiger partial charge < -0.3 is 4.90 Å². The highest BCUT2D eigenvalue weighted by atomic mass is 32.1. The molecule has 0 saturated carbocycles. The Morgan fingerprint density at radius 3 is 2.08 bits per heavy atom. The Balaban J connectivity index is 1.44. The molecule has 0 spiro atoms. The van der Waals surface area contributed by atoms with E-state index in [4.69, 9.17) is 0 Å². The number of nitriles is 2. The third-order valence-electron chi connectivity index (χ3n) is 6.83. The van der Waals surface area contributed by atoms with Crippen molar-refractivity contribution in [2.45, 2.75) is 0 Å². The predicted molar refractivity (Wildman–Crippen MR) is 162 cm³/mol. The molecule has 6 rings (SSSR count). The summed E-state index contributed by atoms with van der Waals surface area (Å²) < 4.78 is 0. The van der Waals surface area contributed by atoms with Gasteiger partial charge in [0.15, 0.2) is 5.78 Å². The van der Waals surface area contributed by atoms with Gasteiger partial charge >= 0.3 is 0 Å². The fraction of sp³-hybridized carbons (Fsp3) is 0.0606. The second-order valence-corrected chi connectivity index (χ2v) is 11.5. The summed E-state index contributed by atoms with van der Waals surface area (Å²) in [5.41, 5.74) is 4.25. The Morgan fingerprint density at radius 2 is 1.41 bits per heavy atom. The van der Waals surface area contributed by atoms with Gasteiger partial charge in [0, 0.05) is 61.9 Å². The summed E-state index contributed by atoms with van der Waals surface area (Å²) in [6.45, 7) is 0. The predicted octanol–water partition coefficient (Wildman–Crippen LogP) is 8.44. The van der Waals surface area contributed by atoms with E-state index in [1.807, 2.05) is 44.4 Å². The van der Waals surface area contributed by atoms with E-state index in [1.54, 1.807) is 40.9 Å². The van der Waals surface area contributed by atoms with Crippen molar-refractivity contribution in [2.75, 3.05) is 19.0 Å². The number of rotatable bonds is 4. The smallest absolute Gasteiger partial charge is 0.194 e. The number of Topliss-reactive ketones (excluding diaryl/α,β-unsaturated/α-hetero) is 1. The van der Waals surface area contributed by atoms with Gasteiger partial charge in [0.2, 0.25) is 0 Å². The number of carbonyl (C=O) groups is 1. The number of anilines is 1. The zero-order chi connectivity index (χ0) is 27.1. The SMILES string of the molecule is CN(C)c1ccc(-c2sc(-c3ccc(/C=C4\C(=O)c5ccccc5C4=C(C#N)C#N)s3)c3ccccc23)cc1. The highest BCUT2D eigenvalue weighted by Gasteiger charge is 2.32. The van der Waals surface area contributed by atoms with Crippen LogP contribution in [0.25, 0.3) is 42.6 Å². The number of ketones is 1. The average molecular weight is 540 g/mol. The van der Waals surface area contributed by atoms with Gasteiger partial charge in [-0.15, -0.1) is 22.7 Å². The molecule has 1 aliphatic carbocycles. The fourth-order valence-corrected chi connectivity index (χ4v) is 7.30. The first-order chi connectivity index (χ1) is 19.0. The summed E-state index contributed by atoms with van der Waals surface area (Å²) in [5, 5.41) is 21.6. The maximum Gasteiger partial charge on any atom is 0.194 e. The highest BCUT2D eigenvalue weighted by Crippen LogP contribution is 2.47. The Labute approximate surface area is 234 Å². The quantitative estimate of drug-likeness (QED) is 0.170. The molecule has 39 heavy (non-hydrogen) atoms. The van der Waals surface area contributed by atoms with Gasteiger partial charge in [-0.2, -0.15) is 10.5 Å². The lowest BCUT2D eigenvalue weighted by molar-refractivity contribution is 0.104. The van der Waals surface area contributed by atoms with E-state index in [0.29, 0.717) is 22.3 Å². The van der Waals surface area contributed by atoms with E-state index in [1.165, 1.54) is 26.1 Å². The van der Waals surface area contributed by atoms with Crippen molar-refractivity contribution >= 4 is 56.6 Å². The van der Waals surface area contributed by atoms with Gasteiger partial charge in [0.1, 0.15) is 17.7 Å². The number of allylic oxidation sites excluding steroid dienone is 3. The van der Waals surface area contributed by atoms with Crippen LogP contribution in [0, 0.1) is 22.7 Å². The van der Waals surface area contributed by atoms with Crippen molar-refractivity contribution in [2.24, 2.45) is 0 Å². The van der Waals surface area contributed by atoms with Crippen LogP contribution in [0.1, 0.15) is 20.8 Å². The van der Waals surface area contributed by atoms with Crippen LogP contribution in [0.15, 0.2) is 96.1 Å². The molecular weight excluding hydrogens is 519 g/mol. The minimum Gasteiger partial charge on any atom is -0.378 e. The second kappa shape index (κ2) is 9.85. The standard InChI is InChI=1S/C33H21N3OS2/c1-36(2)22-13-11-20(12-14-22)32-26-9-5-6-10-27(26)33(39-32)29-16-15-23(38-29)17-28-30(21(18-34)19-35)24-7-3-4-8-25(24)31(28)37/h3-17H,1-2H3/b28-17-. The lowest BCUT2D eigenvalue weighted by Crippen LogP contribution is -2.07. The van der Waals surface area contributed by atoms with Crippen LogP contribution in [0.5, 0.6) is 0 Å². The molecule has 5 aromatic rings. The van der Waals surface area contributed by atoms with Gasteiger partial charge in [-0.3, -0.25) is 4.79 Å². The van der Waals surface area contributed by atoms with Crippen LogP contribution in [0.3, 0.4) is 0 Å². The van der Waals surface area contributed by atoms with Gasteiger partial charge in [-0.25, -0.2) is 0 Å². The minimum absolute atomic E-state index is 0.0505. The Hall–Kier alpha value is -4.75. The maximum absolute atomic E-state index is 13.3. The molecule has 2 heterocycles. The molecule has 0 saturated heterocycles. The molecule has 0 radical (unpaired) electrons. The van der Waals surface area contributed by atoms with E-state index >= 15 is 0 Å². The van der Waals surface area contributed by atoms with Crippen molar-refractivity contribution in [3.8, 4) is 32.3 Å². The summed E-state index contributed by atoms with van der Waals surface area (Å²) in [5.74, 6) is -0.163. The number of hydrogen-bond acceptors (Lipinski definition) is 6. The largest absolute Gasteiger partial charge is 0.378 e. The normalized spacial score (nSPS) is 13.4. The molecule has 0 N–H and O–H groups in total. The number of benzene rings is 3. The lowest BCUT2D eigenvalue weighted by atomic mass is 9.99. The Bertz CT molecular complexity index is 1910. The van der Waals surface area contributed by atoms with Gasteiger partial charge in [-0.05, 0) is 41.5 Å². The first-order valence-corrected chi connectivity index (χ1v) is 13.9. The molecule has 4 nitrogen and oxygen atoms in total. The van der Waals surface area contributed by atoms with Crippen molar-refractivity contribution in [3.05, 3.63) is 112 Å². The highest BCUT2D eigenvalue weighted by molar-refractivity contribution is 7.25. The van der Waals surface area contributed by atoms with Crippen LogP contribution in [0.4, 0.5) is 5.69 Å². The van der Waals surface area contributed by atoms with E-state index in [2.05, 4.69) is 59.5 Å². The van der Waals surface area contributed by atoms with Gasteiger partial charge in [0.05, 0.1) is 4.88 Å². The van der Waals surface area contributed by atoms with Gasteiger partial charge in [-0.1, -0.05) is 60.7 Å². The van der Waals surface area contributed by atoms with Crippen molar-refractivity contribution < 1.29 is 4.79 Å². The zero-order valence-corrected chi connectivity index (χ0v) is 22.9. The molecule has 0 fully saturated rings. The van der Waals surface area contributed by atoms with Crippen LogP contribution >= 0.6 is 22.7 Å². The zero-order valence-electron chi connectivity index (χ0n) is 21.2. The number of fused-ring (bicyclic) bond motifs is 2. The number of nitrogens with zero attached hydrogens (tertiary/aromatic N) is 3. The van der Waals surface area contributed by atoms with E-state index < -0.39 is 0 Å². The molecule has 0 atom stereocenters. The topological polar surface area (TPSA) is 67.9 Å². The van der Waals surface area contributed by atoms with Crippen LogP contribution in [-0.2, 0) is 0 Å². The van der Waals surface area contributed by atoms with E-state index in [-0.39, 0.29) is 11.4 Å².